The molecule has 0 bridgehead atoms. The maximum atomic E-state index is 12.3. The van der Waals surface area contributed by atoms with Crippen molar-refractivity contribution in [1.29, 1.82) is 0 Å². The van der Waals surface area contributed by atoms with Crippen LogP contribution in [0.15, 0.2) is 42.5 Å². The molecule has 7 heteroatoms. The van der Waals surface area contributed by atoms with Gasteiger partial charge in [0.1, 0.15) is 5.75 Å². The molecule has 0 aliphatic heterocycles. The molecule has 6 nitrogen and oxygen atoms in total. The Morgan fingerprint density at radius 1 is 1.13 bits per heavy atom. The molecule has 0 aliphatic carbocycles. The summed E-state index contributed by atoms with van der Waals surface area (Å²) in [5, 5.41) is 2.89. The lowest BCUT2D eigenvalue weighted by molar-refractivity contribution is -0.121. The summed E-state index contributed by atoms with van der Waals surface area (Å²) in [7, 11) is -3.44. The molecule has 164 valence electrons. The third-order valence-electron chi connectivity index (χ3n) is 4.77. The highest BCUT2D eigenvalue weighted by atomic mass is 32.2. The van der Waals surface area contributed by atoms with Crippen LogP contribution in [0.2, 0.25) is 0 Å². The van der Waals surface area contributed by atoms with E-state index in [1.807, 2.05) is 64.1 Å². The Balaban J connectivity index is 1.91. The zero-order valence-corrected chi connectivity index (χ0v) is 19.3. The molecule has 0 saturated heterocycles. The topological polar surface area (TPSA) is 75.7 Å². The molecule has 0 saturated carbocycles. The minimum absolute atomic E-state index is 0.0877. The lowest BCUT2D eigenvalue weighted by Crippen LogP contribution is -2.32. The van der Waals surface area contributed by atoms with Gasteiger partial charge >= 0.3 is 0 Å². The van der Waals surface area contributed by atoms with Crippen LogP contribution in [-0.2, 0) is 21.4 Å². The van der Waals surface area contributed by atoms with E-state index in [0.717, 1.165) is 22.4 Å². The zero-order valence-electron chi connectivity index (χ0n) is 18.4. The van der Waals surface area contributed by atoms with Gasteiger partial charge in [0.25, 0.3) is 0 Å². The van der Waals surface area contributed by atoms with Crippen LogP contribution in [0.5, 0.6) is 5.75 Å². The summed E-state index contributed by atoms with van der Waals surface area (Å²) in [6.45, 7) is 8.45. The predicted molar refractivity (Wildman–Crippen MR) is 121 cm³/mol. The van der Waals surface area contributed by atoms with Gasteiger partial charge in [-0.25, -0.2) is 8.42 Å². The smallest absolute Gasteiger partial charge is 0.232 e. The highest BCUT2D eigenvalue weighted by Crippen LogP contribution is 2.25. The van der Waals surface area contributed by atoms with Crippen LogP contribution in [0.25, 0.3) is 0 Å². The second kappa shape index (κ2) is 10.5. The number of amides is 1. The van der Waals surface area contributed by atoms with Crippen LogP contribution in [0.1, 0.15) is 43.4 Å². The van der Waals surface area contributed by atoms with E-state index in [-0.39, 0.29) is 25.0 Å². The predicted octanol–water partition coefficient (Wildman–Crippen LogP) is 3.95. The molecule has 30 heavy (non-hydrogen) atoms. The Labute approximate surface area is 180 Å². The second-order valence-electron chi connectivity index (χ2n) is 7.75. The third kappa shape index (κ3) is 7.06. The van der Waals surface area contributed by atoms with E-state index in [2.05, 4.69) is 5.32 Å². The minimum Gasteiger partial charge on any atom is -0.491 e. The van der Waals surface area contributed by atoms with Crippen LogP contribution in [0.3, 0.4) is 0 Å². The summed E-state index contributed by atoms with van der Waals surface area (Å²) >= 11 is 0. The number of rotatable bonds is 10. The molecular weight excluding hydrogens is 400 g/mol. The van der Waals surface area contributed by atoms with Gasteiger partial charge in [0, 0.05) is 19.5 Å². The first kappa shape index (κ1) is 23.7. The van der Waals surface area contributed by atoms with Gasteiger partial charge in [-0.3, -0.25) is 9.10 Å². The number of hydrogen-bond acceptors (Lipinski definition) is 4. The Bertz CT molecular complexity index is 971. The molecule has 0 atom stereocenters. The lowest BCUT2D eigenvalue weighted by atomic mass is 10.1. The Hall–Kier alpha value is -2.54. The monoisotopic (exact) mass is 432 g/mol. The maximum absolute atomic E-state index is 12.3. The first-order valence-corrected chi connectivity index (χ1v) is 12.0. The molecule has 0 spiro atoms. The molecule has 0 heterocycles. The summed E-state index contributed by atoms with van der Waals surface area (Å²) in [5.41, 5.74) is 3.58. The fraction of sp³-hybridized carbons (Fsp3) is 0.435. The van der Waals surface area contributed by atoms with Gasteiger partial charge in [-0.1, -0.05) is 24.3 Å². The van der Waals surface area contributed by atoms with Crippen LogP contribution in [-0.4, -0.2) is 33.2 Å². The molecule has 2 aromatic rings. The zero-order chi connectivity index (χ0) is 22.3. The van der Waals surface area contributed by atoms with E-state index in [0.29, 0.717) is 18.7 Å². The van der Waals surface area contributed by atoms with Crippen molar-refractivity contribution in [3.8, 4) is 5.75 Å². The van der Waals surface area contributed by atoms with E-state index in [9.17, 15) is 13.2 Å². The Morgan fingerprint density at radius 3 is 2.50 bits per heavy atom. The molecule has 0 unspecified atom stereocenters. The maximum Gasteiger partial charge on any atom is 0.232 e. The highest BCUT2D eigenvalue weighted by molar-refractivity contribution is 7.92. The van der Waals surface area contributed by atoms with Gasteiger partial charge in [0.2, 0.25) is 15.9 Å². The number of carbonyl (C=O) groups excluding carboxylic acids is 1. The van der Waals surface area contributed by atoms with E-state index < -0.39 is 10.0 Å². The van der Waals surface area contributed by atoms with Crippen molar-refractivity contribution < 1.29 is 17.9 Å². The summed E-state index contributed by atoms with van der Waals surface area (Å²) in [5.74, 6) is 0.661. The van der Waals surface area contributed by atoms with Crippen molar-refractivity contribution in [1.82, 2.24) is 5.32 Å². The van der Waals surface area contributed by atoms with Gasteiger partial charge in [-0.2, -0.15) is 0 Å². The van der Waals surface area contributed by atoms with Gasteiger partial charge < -0.3 is 10.1 Å². The number of ether oxygens (including phenoxy) is 1. The van der Waals surface area contributed by atoms with Crippen LogP contribution < -0.4 is 14.4 Å². The van der Waals surface area contributed by atoms with Crippen LogP contribution >= 0.6 is 0 Å². The van der Waals surface area contributed by atoms with Crippen molar-refractivity contribution in [2.75, 3.05) is 17.1 Å². The first-order chi connectivity index (χ1) is 14.1. The number of nitrogens with one attached hydrogen (secondary N) is 1. The summed E-state index contributed by atoms with van der Waals surface area (Å²) < 4.78 is 31.7. The van der Waals surface area contributed by atoms with Gasteiger partial charge in [-0.05, 0) is 69.0 Å². The van der Waals surface area contributed by atoms with E-state index in [1.165, 1.54) is 10.6 Å². The molecule has 2 rings (SSSR count). The summed E-state index contributed by atoms with van der Waals surface area (Å²) in [4.78, 5) is 12.3. The Morgan fingerprint density at radius 2 is 1.83 bits per heavy atom. The summed E-state index contributed by atoms with van der Waals surface area (Å²) in [6, 6.07) is 13.2. The number of hydrogen-bond donors (Lipinski definition) is 1. The number of sulfonamides is 1. The molecular formula is C23H32N2O4S. The van der Waals surface area contributed by atoms with E-state index in [1.54, 1.807) is 6.07 Å². The van der Waals surface area contributed by atoms with E-state index >= 15 is 0 Å². The van der Waals surface area contributed by atoms with Gasteiger partial charge in [0.15, 0.2) is 0 Å². The number of benzene rings is 2. The van der Waals surface area contributed by atoms with Gasteiger partial charge in [-0.15, -0.1) is 0 Å². The molecule has 0 fully saturated rings. The van der Waals surface area contributed by atoms with Crippen LogP contribution in [0.4, 0.5) is 5.69 Å². The third-order valence-corrected chi connectivity index (χ3v) is 5.95. The molecule has 1 amide bonds. The van der Waals surface area contributed by atoms with Crippen molar-refractivity contribution in [2.24, 2.45) is 0 Å². The van der Waals surface area contributed by atoms with E-state index in [4.69, 9.17) is 4.74 Å². The van der Waals surface area contributed by atoms with Crippen molar-refractivity contribution >= 4 is 21.6 Å². The first-order valence-electron chi connectivity index (χ1n) is 10.1. The molecule has 0 aliphatic rings. The standard InChI is InChI=1S/C23H32N2O4S/c1-17(2)29-21-11-7-10-20(15-21)16-24-23(26)13-8-14-25(30(5,27)28)22-12-6-9-18(3)19(22)4/h6-7,9-12,15,17H,8,13-14,16H2,1-5H3,(H,24,26). The average Bonchev–Trinajstić information content (AvgIpc) is 2.65. The number of anilines is 1. The largest absolute Gasteiger partial charge is 0.491 e. The number of nitrogens with zero attached hydrogens (tertiary/aromatic N) is 1. The van der Waals surface area contributed by atoms with Crippen molar-refractivity contribution in [3.63, 3.8) is 0 Å². The minimum atomic E-state index is -3.44. The van der Waals surface area contributed by atoms with Crippen molar-refractivity contribution in [2.45, 2.75) is 53.2 Å². The molecule has 2 aromatic carbocycles. The summed E-state index contributed by atoms with van der Waals surface area (Å²) in [6.07, 6.45) is 1.97. The molecule has 0 aromatic heterocycles. The normalized spacial score (nSPS) is 11.4. The quantitative estimate of drug-likeness (QED) is 0.617. The lowest BCUT2D eigenvalue weighted by Gasteiger charge is -2.24. The molecule has 0 radical (unpaired) electrons. The SMILES string of the molecule is Cc1cccc(N(CCCC(=O)NCc2cccc(OC(C)C)c2)S(C)(=O)=O)c1C. The fourth-order valence-corrected chi connectivity index (χ4v) is 4.16. The van der Waals surface area contributed by atoms with Gasteiger partial charge in [0.05, 0.1) is 18.0 Å². The Kier molecular flexibility index (Phi) is 8.29. The van der Waals surface area contributed by atoms with Crippen LogP contribution in [0, 0.1) is 13.8 Å². The fourth-order valence-electron chi connectivity index (χ4n) is 3.14. The van der Waals surface area contributed by atoms with Crippen molar-refractivity contribution in [3.05, 3.63) is 59.2 Å². The number of carbonyl (C=O) groups is 1. The molecule has 1 N–H and O–H groups in total. The number of aryl methyl sites for hydroxylation is 1. The average molecular weight is 433 g/mol. The highest BCUT2D eigenvalue weighted by Gasteiger charge is 2.19. The second-order valence-corrected chi connectivity index (χ2v) is 9.66.